The first-order valence-corrected chi connectivity index (χ1v) is 6.77. The summed E-state index contributed by atoms with van der Waals surface area (Å²) >= 11 is 0. The molecular formula is C15H21ClN2O. The Kier molecular flexibility index (Phi) is 3.88. The fraction of sp³-hybridized carbons (Fsp3) is 0.533. The van der Waals surface area contributed by atoms with Crippen LogP contribution < -0.4 is 10.6 Å². The normalized spacial score (nSPS) is 23.3. The van der Waals surface area contributed by atoms with Crippen LogP contribution in [0.5, 0.6) is 0 Å². The predicted molar refractivity (Wildman–Crippen MR) is 79.8 cm³/mol. The molecule has 1 fully saturated rings. The van der Waals surface area contributed by atoms with E-state index in [1.54, 1.807) is 0 Å². The summed E-state index contributed by atoms with van der Waals surface area (Å²) in [5.41, 5.74) is 8.32. The lowest BCUT2D eigenvalue weighted by molar-refractivity contribution is -0.120. The minimum absolute atomic E-state index is 0. The van der Waals surface area contributed by atoms with E-state index in [0.29, 0.717) is 12.3 Å². The first-order chi connectivity index (χ1) is 8.59. The molecule has 19 heavy (non-hydrogen) atoms. The van der Waals surface area contributed by atoms with Gasteiger partial charge in [0, 0.05) is 30.1 Å². The summed E-state index contributed by atoms with van der Waals surface area (Å²) < 4.78 is 0. The van der Waals surface area contributed by atoms with Crippen LogP contribution in [0.25, 0.3) is 0 Å². The van der Waals surface area contributed by atoms with Crippen molar-refractivity contribution < 1.29 is 4.79 Å². The highest BCUT2D eigenvalue weighted by molar-refractivity contribution is 5.96. The number of fused-ring (bicyclic) bond motifs is 1. The summed E-state index contributed by atoms with van der Waals surface area (Å²) in [5, 5.41) is 0. The first-order valence-electron chi connectivity index (χ1n) is 6.77. The maximum absolute atomic E-state index is 12.4. The van der Waals surface area contributed by atoms with Crippen molar-refractivity contribution in [2.75, 3.05) is 11.4 Å². The van der Waals surface area contributed by atoms with Gasteiger partial charge in [-0.3, -0.25) is 4.79 Å². The van der Waals surface area contributed by atoms with Crippen LogP contribution >= 0.6 is 12.4 Å². The molecule has 1 aromatic carbocycles. The van der Waals surface area contributed by atoms with Crippen molar-refractivity contribution in [1.82, 2.24) is 0 Å². The Labute approximate surface area is 120 Å². The Balaban J connectivity index is 0.00000133. The molecule has 0 spiro atoms. The Morgan fingerprint density at radius 2 is 2.11 bits per heavy atom. The zero-order valence-corrected chi connectivity index (χ0v) is 12.1. The molecule has 1 atom stereocenters. The molecule has 1 aromatic rings. The van der Waals surface area contributed by atoms with Gasteiger partial charge in [0.05, 0.1) is 0 Å². The van der Waals surface area contributed by atoms with Gasteiger partial charge < -0.3 is 10.6 Å². The Hall–Kier alpha value is -1.06. The number of nitrogens with two attached hydrogens (primary N) is 1. The lowest BCUT2D eigenvalue weighted by Gasteiger charge is -2.38. The highest BCUT2D eigenvalue weighted by atomic mass is 35.5. The summed E-state index contributed by atoms with van der Waals surface area (Å²) in [5.74, 6) is 0.620. The first kappa shape index (κ1) is 14.4. The summed E-state index contributed by atoms with van der Waals surface area (Å²) in [4.78, 5) is 14.3. The summed E-state index contributed by atoms with van der Waals surface area (Å²) in [6.07, 6.45) is 3.64. The van der Waals surface area contributed by atoms with E-state index < -0.39 is 0 Å². The lowest BCUT2D eigenvalue weighted by Crippen LogP contribution is -2.50. The van der Waals surface area contributed by atoms with Crippen molar-refractivity contribution in [2.24, 2.45) is 5.73 Å². The number of amides is 1. The Morgan fingerprint density at radius 1 is 1.42 bits per heavy atom. The molecule has 1 unspecified atom stereocenters. The molecule has 1 amide bonds. The van der Waals surface area contributed by atoms with E-state index in [9.17, 15) is 4.79 Å². The third-order valence-electron chi connectivity index (χ3n) is 4.37. The molecule has 0 aromatic heterocycles. The van der Waals surface area contributed by atoms with Crippen molar-refractivity contribution in [3.05, 3.63) is 29.8 Å². The van der Waals surface area contributed by atoms with E-state index in [4.69, 9.17) is 5.73 Å². The molecule has 0 saturated heterocycles. The number of benzene rings is 1. The predicted octanol–water partition coefficient (Wildman–Crippen LogP) is 2.83. The van der Waals surface area contributed by atoms with Gasteiger partial charge >= 0.3 is 0 Å². The van der Waals surface area contributed by atoms with Gasteiger partial charge in [-0.1, -0.05) is 25.1 Å². The molecule has 1 aliphatic carbocycles. The lowest BCUT2D eigenvalue weighted by atomic mass is 9.75. The van der Waals surface area contributed by atoms with Gasteiger partial charge in [-0.25, -0.2) is 0 Å². The molecule has 104 valence electrons. The van der Waals surface area contributed by atoms with Crippen molar-refractivity contribution >= 4 is 24.0 Å². The topological polar surface area (TPSA) is 46.3 Å². The van der Waals surface area contributed by atoms with E-state index in [1.807, 2.05) is 23.1 Å². The number of halogens is 1. The number of hydrogen-bond acceptors (Lipinski definition) is 2. The standard InChI is InChI=1S/C15H20N2O.ClH/c1-11-10-17(13-6-3-2-5-12(11)13)14(18)9-15(16)7-4-8-15;/h2-3,5-6,11H,4,7-10,16H2,1H3;1H. The second kappa shape index (κ2) is 5.14. The van der Waals surface area contributed by atoms with Crippen LogP contribution in [0, 0.1) is 0 Å². The number of carbonyl (C=O) groups excluding carboxylic acids is 1. The molecule has 3 nitrogen and oxygen atoms in total. The second-order valence-electron chi connectivity index (χ2n) is 5.86. The fourth-order valence-corrected chi connectivity index (χ4v) is 3.06. The molecule has 1 aliphatic heterocycles. The van der Waals surface area contributed by atoms with E-state index in [1.165, 1.54) is 5.56 Å². The van der Waals surface area contributed by atoms with E-state index in [-0.39, 0.29) is 23.9 Å². The molecule has 0 radical (unpaired) electrons. The largest absolute Gasteiger partial charge is 0.325 e. The van der Waals surface area contributed by atoms with Gasteiger partial charge in [-0.15, -0.1) is 12.4 Å². The average Bonchev–Trinajstić information content (AvgIpc) is 2.66. The SMILES string of the molecule is CC1CN(C(=O)CC2(N)CCC2)c2ccccc21.Cl. The molecular weight excluding hydrogens is 260 g/mol. The molecule has 1 saturated carbocycles. The molecule has 3 rings (SSSR count). The van der Waals surface area contributed by atoms with Crippen molar-refractivity contribution in [3.8, 4) is 0 Å². The summed E-state index contributed by atoms with van der Waals surface area (Å²) in [6.45, 7) is 2.97. The van der Waals surface area contributed by atoms with Crippen molar-refractivity contribution in [3.63, 3.8) is 0 Å². The smallest absolute Gasteiger partial charge is 0.228 e. The average molecular weight is 281 g/mol. The van der Waals surface area contributed by atoms with Gasteiger partial charge in [-0.2, -0.15) is 0 Å². The zero-order chi connectivity index (χ0) is 12.8. The third kappa shape index (κ3) is 2.49. The van der Waals surface area contributed by atoms with E-state index in [2.05, 4.69) is 13.0 Å². The van der Waals surface area contributed by atoms with E-state index in [0.717, 1.165) is 31.5 Å². The maximum atomic E-state index is 12.4. The Bertz CT molecular complexity index is 485. The highest BCUT2D eigenvalue weighted by Gasteiger charge is 2.38. The minimum atomic E-state index is -0.224. The molecule has 0 bridgehead atoms. The number of carbonyl (C=O) groups is 1. The van der Waals surface area contributed by atoms with Crippen LogP contribution in [0.4, 0.5) is 5.69 Å². The van der Waals surface area contributed by atoms with Crippen LogP contribution in [-0.4, -0.2) is 18.0 Å². The third-order valence-corrected chi connectivity index (χ3v) is 4.37. The Morgan fingerprint density at radius 3 is 2.74 bits per heavy atom. The van der Waals surface area contributed by atoms with Crippen molar-refractivity contribution in [2.45, 2.75) is 44.1 Å². The van der Waals surface area contributed by atoms with Crippen LogP contribution in [0.3, 0.4) is 0 Å². The van der Waals surface area contributed by atoms with Gasteiger partial charge in [0.2, 0.25) is 5.91 Å². The quantitative estimate of drug-likeness (QED) is 0.905. The number of anilines is 1. The van der Waals surface area contributed by atoms with Crippen LogP contribution in [0.15, 0.2) is 24.3 Å². The van der Waals surface area contributed by atoms with E-state index >= 15 is 0 Å². The number of hydrogen-bond donors (Lipinski definition) is 1. The van der Waals surface area contributed by atoms with Crippen LogP contribution in [0.2, 0.25) is 0 Å². The van der Waals surface area contributed by atoms with Crippen LogP contribution in [0.1, 0.15) is 44.1 Å². The van der Waals surface area contributed by atoms with Gasteiger partial charge in [0.25, 0.3) is 0 Å². The van der Waals surface area contributed by atoms with Gasteiger partial charge in [0.15, 0.2) is 0 Å². The number of nitrogens with zero attached hydrogens (tertiary/aromatic N) is 1. The maximum Gasteiger partial charge on any atom is 0.228 e. The minimum Gasteiger partial charge on any atom is -0.325 e. The summed E-state index contributed by atoms with van der Waals surface area (Å²) in [7, 11) is 0. The van der Waals surface area contributed by atoms with Gasteiger partial charge in [-0.05, 0) is 30.9 Å². The zero-order valence-electron chi connectivity index (χ0n) is 11.3. The van der Waals surface area contributed by atoms with Gasteiger partial charge in [0.1, 0.15) is 0 Å². The van der Waals surface area contributed by atoms with Crippen molar-refractivity contribution in [1.29, 1.82) is 0 Å². The van der Waals surface area contributed by atoms with Crippen LogP contribution in [-0.2, 0) is 4.79 Å². The number of rotatable bonds is 2. The molecule has 2 N–H and O–H groups in total. The molecule has 4 heteroatoms. The molecule has 1 heterocycles. The second-order valence-corrected chi connectivity index (χ2v) is 5.86. The molecule has 2 aliphatic rings. The fourth-order valence-electron chi connectivity index (χ4n) is 3.06. The summed E-state index contributed by atoms with van der Waals surface area (Å²) in [6, 6.07) is 8.20. The number of para-hydroxylation sites is 1. The highest BCUT2D eigenvalue weighted by Crippen LogP contribution is 2.38. The monoisotopic (exact) mass is 280 g/mol.